The standard InChI is InChI=1S/C18H30ClNO/c1-3-5-6-7-8-9-17(20-14-4-2)15-21-18-12-10-16(19)11-13-18/h10-13,17,20H,3-9,14-15H2,1-2H3. The Bertz CT molecular complexity index is 353. The van der Waals surface area contributed by atoms with Crippen LogP contribution < -0.4 is 10.1 Å². The van der Waals surface area contributed by atoms with Crippen LogP contribution in [-0.4, -0.2) is 19.2 Å². The number of halogens is 1. The summed E-state index contributed by atoms with van der Waals surface area (Å²) in [4.78, 5) is 0. The van der Waals surface area contributed by atoms with E-state index in [-0.39, 0.29) is 0 Å². The van der Waals surface area contributed by atoms with Crippen LogP contribution in [0.5, 0.6) is 5.75 Å². The molecule has 1 unspecified atom stereocenters. The van der Waals surface area contributed by atoms with Gasteiger partial charge in [-0.05, 0) is 43.7 Å². The van der Waals surface area contributed by atoms with Gasteiger partial charge in [-0.15, -0.1) is 0 Å². The maximum absolute atomic E-state index is 5.89. The van der Waals surface area contributed by atoms with Crippen LogP contribution in [0.4, 0.5) is 0 Å². The lowest BCUT2D eigenvalue weighted by Crippen LogP contribution is -2.35. The van der Waals surface area contributed by atoms with Crippen molar-refractivity contribution in [3.8, 4) is 5.75 Å². The summed E-state index contributed by atoms with van der Waals surface area (Å²) in [5.74, 6) is 0.897. The normalized spacial score (nSPS) is 12.3. The summed E-state index contributed by atoms with van der Waals surface area (Å²) < 4.78 is 5.88. The first-order valence-corrected chi connectivity index (χ1v) is 8.75. The van der Waals surface area contributed by atoms with Gasteiger partial charge in [-0.3, -0.25) is 0 Å². The van der Waals surface area contributed by atoms with Crippen LogP contribution in [0, 0.1) is 0 Å². The summed E-state index contributed by atoms with van der Waals surface area (Å²) in [6.07, 6.45) is 8.98. The monoisotopic (exact) mass is 311 g/mol. The second kappa shape index (κ2) is 11.9. The Morgan fingerprint density at radius 3 is 2.38 bits per heavy atom. The molecule has 0 radical (unpaired) electrons. The summed E-state index contributed by atoms with van der Waals surface area (Å²) in [5.41, 5.74) is 0. The molecule has 0 heterocycles. The molecule has 0 fully saturated rings. The molecule has 0 aliphatic heterocycles. The van der Waals surface area contributed by atoms with Gasteiger partial charge >= 0.3 is 0 Å². The van der Waals surface area contributed by atoms with Gasteiger partial charge in [0.1, 0.15) is 12.4 Å². The molecule has 0 saturated carbocycles. The number of nitrogens with one attached hydrogen (secondary N) is 1. The molecule has 1 aromatic carbocycles. The van der Waals surface area contributed by atoms with E-state index in [0.29, 0.717) is 6.04 Å². The molecule has 0 saturated heterocycles. The minimum Gasteiger partial charge on any atom is -0.492 e. The van der Waals surface area contributed by atoms with Gasteiger partial charge < -0.3 is 10.1 Å². The maximum Gasteiger partial charge on any atom is 0.119 e. The lowest BCUT2D eigenvalue weighted by molar-refractivity contribution is 0.253. The molecule has 120 valence electrons. The third-order valence-corrected chi connectivity index (χ3v) is 3.86. The Hall–Kier alpha value is -0.730. The van der Waals surface area contributed by atoms with Crippen molar-refractivity contribution in [2.75, 3.05) is 13.2 Å². The van der Waals surface area contributed by atoms with Crippen LogP contribution >= 0.6 is 11.6 Å². The topological polar surface area (TPSA) is 21.3 Å². The largest absolute Gasteiger partial charge is 0.492 e. The highest BCUT2D eigenvalue weighted by atomic mass is 35.5. The molecule has 0 aliphatic rings. The lowest BCUT2D eigenvalue weighted by Gasteiger charge is -2.19. The Morgan fingerprint density at radius 2 is 1.71 bits per heavy atom. The third kappa shape index (κ3) is 9.00. The molecular weight excluding hydrogens is 282 g/mol. The summed E-state index contributed by atoms with van der Waals surface area (Å²) in [6, 6.07) is 8.05. The van der Waals surface area contributed by atoms with E-state index >= 15 is 0 Å². The molecule has 0 aliphatic carbocycles. The highest BCUT2D eigenvalue weighted by molar-refractivity contribution is 6.30. The van der Waals surface area contributed by atoms with Crippen LogP contribution in [0.25, 0.3) is 0 Å². The van der Waals surface area contributed by atoms with Crippen molar-refractivity contribution in [2.45, 2.75) is 64.8 Å². The lowest BCUT2D eigenvalue weighted by atomic mass is 10.1. The first-order chi connectivity index (χ1) is 10.3. The maximum atomic E-state index is 5.89. The average molecular weight is 312 g/mol. The van der Waals surface area contributed by atoms with Crippen molar-refractivity contribution in [1.29, 1.82) is 0 Å². The molecule has 2 nitrogen and oxygen atoms in total. The summed E-state index contributed by atoms with van der Waals surface area (Å²) in [5, 5.41) is 4.34. The van der Waals surface area contributed by atoms with Crippen molar-refractivity contribution < 1.29 is 4.74 Å². The van der Waals surface area contributed by atoms with Gasteiger partial charge in [-0.25, -0.2) is 0 Å². The molecular formula is C18H30ClNO. The molecule has 0 aromatic heterocycles. The predicted octanol–water partition coefficient (Wildman–Crippen LogP) is 5.45. The number of hydrogen-bond acceptors (Lipinski definition) is 2. The molecule has 3 heteroatoms. The van der Waals surface area contributed by atoms with E-state index in [9.17, 15) is 0 Å². The molecule has 1 N–H and O–H groups in total. The Morgan fingerprint density at radius 1 is 1.00 bits per heavy atom. The van der Waals surface area contributed by atoms with Gasteiger partial charge in [0.15, 0.2) is 0 Å². The van der Waals surface area contributed by atoms with Gasteiger partial charge in [0.05, 0.1) is 0 Å². The first kappa shape index (κ1) is 18.3. The fourth-order valence-electron chi connectivity index (χ4n) is 2.31. The van der Waals surface area contributed by atoms with Gasteiger partial charge in [0, 0.05) is 11.1 Å². The van der Waals surface area contributed by atoms with Crippen LogP contribution in [0.1, 0.15) is 58.8 Å². The Kier molecular flexibility index (Phi) is 10.4. The van der Waals surface area contributed by atoms with Crippen molar-refractivity contribution in [2.24, 2.45) is 0 Å². The van der Waals surface area contributed by atoms with Crippen molar-refractivity contribution in [3.63, 3.8) is 0 Å². The van der Waals surface area contributed by atoms with Gasteiger partial charge in [0.25, 0.3) is 0 Å². The molecule has 0 bridgehead atoms. The van der Waals surface area contributed by atoms with E-state index in [1.807, 2.05) is 24.3 Å². The van der Waals surface area contributed by atoms with E-state index in [0.717, 1.165) is 30.3 Å². The number of ether oxygens (including phenoxy) is 1. The molecule has 1 atom stereocenters. The van der Waals surface area contributed by atoms with E-state index < -0.39 is 0 Å². The third-order valence-electron chi connectivity index (χ3n) is 3.60. The number of benzene rings is 1. The Balaban J connectivity index is 2.29. The zero-order valence-electron chi connectivity index (χ0n) is 13.5. The van der Waals surface area contributed by atoms with Gasteiger partial charge in [0.2, 0.25) is 0 Å². The van der Waals surface area contributed by atoms with Crippen LogP contribution in [0.3, 0.4) is 0 Å². The molecule has 21 heavy (non-hydrogen) atoms. The zero-order valence-corrected chi connectivity index (χ0v) is 14.3. The second-order valence-corrected chi connectivity index (χ2v) is 6.06. The SMILES string of the molecule is CCCCCCCC(COc1ccc(Cl)cc1)NCCC. The summed E-state index contributed by atoms with van der Waals surface area (Å²) in [7, 11) is 0. The molecule has 0 amide bonds. The zero-order chi connectivity index (χ0) is 15.3. The fraction of sp³-hybridized carbons (Fsp3) is 0.667. The van der Waals surface area contributed by atoms with Crippen molar-refractivity contribution >= 4 is 11.6 Å². The number of rotatable bonds is 12. The quantitative estimate of drug-likeness (QED) is 0.518. The smallest absolute Gasteiger partial charge is 0.119 e. The highest BCUT2D eigenvalue weighted by Crippen LogP contribution is 2.16. The molecule has 1 aromatic rings. The number of hydrogen-bond donors (Lipinski definition) is 1. The van der Waals surface area contributed by atoms with E-state index in [1.54, 1.807) is 0 Å². The summed E-state index contributed by atoms with van der Waals surface area (Å²) >= 11 is 5.89. The first-order valence-electron chi connectivity index (χ1n) is 8.38. The van der Waals surface area contributed by atoms with Gasteiger partial charge in [-0.1, -0.05) is 57.6 Å². The minimum atomic E-state index is 0.447. The fourth-order valence-corrected chi connectivity index (χ4v) is 2.44. The van der Waals surface area contributed by atoms with Crippen LogP contribution in [-0.2, 0) is 0 Å². The van der Waals surface area contributed by atoms with Crippen LogP contribution in [0.2, 0.25) is 5.02 Å². The number of unbranched alkanes of at least 4 members (excludes halogenated alkanes) is 4. The highest BCUT2D eigenvalue weighted by Gasteiger charge is 2.08. The van der Waals surface area contributed by atoms with Crippen LogP contribution in [0.15, 0.2) is 24.3 Å². The second-order valence-electron chi connectivity index (χ2n) is 5.62. The minimum absolute atomic E-state index is 0.447. The molecule has 1 rings (SSSR count). The Labute approximate surface area is 135 Å². The average Bonchev–Trinajstić information content (AvgIpc) is 2.50. The van der Waals surface area contributed by atoms with E-state index in [4.69, 9.17) is 16.3 Å². The van der Waals surface area contributed by atoms with Crippen molar-refractivity contribution in [1.82, 2.24) is 5.32 Å². The van der Waals surface area contributed by atoms with Gasteiger partial charge in [-0.2, -0.15) is 0 Å². The molecule has 0 spiro atoms. The predicted molar refractivity (Wildman–Crippen MR) is 92.4 cm³/mol. The summed E-state index contributed by atoms with van der Waals surface area (Å²) in [6.45, 7) is 6.25. The van der Waals surface area contributed by atoms with Crippen molar-refractivity contribution in [3.05, 3.63) is 29.3 Å². The van der Waals surface area contributed by atoms with E-state index in [1.165, 1.54) is 38.5 Å². The van der Waals surface area contributed by atoms with E-state index in [2.05, 4.69) is 19.2 Å².